The largest absolute Gasteiger partial charge is 0.461 e. The molecule has 2 nitrogen and oxygen atoms in total. The van der Waals surface area contributed by atoms with E-state index in [4.69, 9.17) is 4.74 Å². The van der Waals surface area contributed by atoms with Gasteiger partial charge >= 0.3 is 5.97 Å². The Kier molecular flexibility index (Phi) is 2.18. The molecule has 0 bridgehead atoms. The van der Waals surface area contributed by atoms with E-state index >= 15 is 0 Å². The predicted octanol–water partition coefficient (Wildman–Crippen LogP) is 3.04. The van der Waals surface area contributed by atoms with Crippen LogP contribution in [0.1, 0.15) is 17.9 Å². The summed E-state index contributed by atoms with van der Waals surface area (Å²) in [6.07, 6.45) is 4.84. The topological polar surface area (TPSA) is 26.3 Å². The van der Waals surface area contributed by atoms with Crippen LogP contribution in [0.5, 0.6) is 0 Å². The highest BCUT2D eigenvalue weighted by atomic mass is 79.9. The average Bonchev–Trinajstić information content (AvgIpc) is 3.00. The monoisotopic (exact) mass is 278 g/mol. The van der Waals surface area contributed by atoms with Gasteiger partial charge in [0.1, 0.15) is 6.61 Å². The van der Waals surface area contributed by atoms with Crippen molar-refractivity contribution in [2.45, 2.75) is 12.3 Å². The lowest BCUT2D eigenvalue weighted by Crippen LogP contribution is -2.22. The number of rotatable bonds is 1. The number of hydrogen-bond acceptors (Lipinski definition) is 2. The summed E-state index contributed by atoms with van der Waals surface area (Å²) in [7, 11) is 0. The third-order valence-electron chi connectivity index (χ3n) is 3.38. The minimum atomic E-state index is -0.355. The second-order valence-electron chi connectivity index (χ2n) is 4.35. The van der Waals surface area contributed by atoms with E-state index in [0.29, 0.717) is 12.5 Å². The van der Waals surface area contributed by atoms with E-state index in [9.17, 15) is 4.79 Å². The van der Waals surface area contributed by atoms with Gasteiger partial charge in [0.25, 0.3) is 0 Å². The van der Waals surface area contributed by atoms with Crippen LogP contribution in [0.15, 0.2) is 40.9 Å². The first kappa shape index (κ1) is 10.1. The maximum atomic E-state index is 11.7. The smallest absolute Gasteiger partial charge is 0.316 e. The van der Waals surface area contributed by atoms with E-state index in [0.717, 1.165) is 10.9 Å². The van der Waals surface area contributed by atoms with Crippen LogP contribution in [0.3, 0.4) is 0 Å². The Labute approximate surface area is 102 Å². The molecule has 1 heterocycles. The lowest BCUT2D eigenvalue weighted by molar-refractivity contribution is -0.148. The van der Waals surface area contributed by atoms with Crippen molar-refractivity contribution in [3.8, 4) is 0 Å². The Morgan fingerprint density at radius 2 is 2.06 bits per heavy atom. The lowest BCUT2D eigenvalue weighted by Gasteiger charge is -2.16. The molecule has 0 saturated heterocycles. The van der Waals surface area contributed by atoms with E-state index in [-0.39, 0.29) is 11.4 Å². The van der Waals surface area contributed by atoms with Gasteiger partial charge < -0.3 is 4.74 Å². The van der Waals surface area contributed by atoms with Gasteiger partial charge in [0.15, 0.2) is 0 Å². The molecule has 1 aromatic carbocycles. The highest BCUT2D eigenvalue weighted by Gasteiger charge is 2.60. The summed E-state index contributed by atoms with van der Waals surface area (Å²) >= 11 is 3.41. The maximum Gasteiger partial charge on any atom is 0.316 e. The van der Waals surface area contributed by atoms with Crippen molar-refractivity contribution in [2.24, 2.45) is 5.41 Å². The molecule has 0 aromatic heterocycles. The van der Waals surface area contributed by atoms with E-state index in [2.05, 4.69) is 28.1 Å². The van der Waals surface area contributed by atoms with E-state index in [1.165, 1.54) is 5.56 Å². The minimum Gasteiger partial charge on any atom is -0.461 e. The van der Waals surface area contributed by atoms with E-state index in [1.807, 2.05) is 24.3 Å². The van der Waals surface area contributed by atoms with Crippen LogP contribution in [-0.4, -0.2) is 12.6 Å². The summed E-state index contributed by atoms with van der Waals surface area (Å²) in [5, 5.41) is 0. The number of carbonyl (C=O) groups excluding carboxylic acids is 1. The number of halogens is 1. The normalized spacial score (nSPS) is 31.6. The third-order valence-corrected chi connectivity index (χ3v) is 3.91. The van der Waals surface area contributed by atoms with Crippen LogP contribution in [0, 0.1) is 5.41 Å². The number of benzene rings is 1. The number of esters is 1. The van der Waals surface area contributed by atoms with Crippen LogP contribution < -0.4 is 0 Å². The van der Waals surface area contributed by atoms with Gasteiger partial charge in [0.2, 0.25) is 0 Å². The standard InChI is InChI=1S/C13H11BrO2/c14-10-4-2-9(3-5-10)11-8-13(11)6-1-7-16-12(13)15/h1-6,11H,7-8H2/t11-,13+/m1/s1. The molecular weight excluding hydrogens is 268 g/mol. The summed E-state index contributed by atoms with van der Waals surface area (Å²) in [5.74, 6) is 0.229. The number of cyclic esters (lactones) is 1. The number of hydrogen-bond donors (Lipinski definition) is 0. The minimum absolute atomic E-state index is 0.0667. The number of carbonyl (C=O) groups is 1. The summed E-state index contributed by atoms with van der Waals surface area (Å²) in [5.41, 5.74) is 0.859. The number of ether oxygens (including phenoxy) is 1. The Hall–Kier alpha value is -1.09. The second-order valence-corrected chi connectivity index (χ2v) is 5.27. The van der Waals surface area contributed by atoms with Gasteiger partial charge in [-0.1, -0.05) is 40.2 Å². The van der Waals surface area contributed by atoms with Crippen molar-refractivity contribution >= 4 is 21.9 Å². The fourth-order valence-electron chi connectivity index (χ4n) is 2.38. The summed E-state index contributed by atoms with van der Waals surface area (Å²) < 4.78 is 6.16. The molecule has 2 atom stereocenters. The SMILES string of the molecule is O=C1OCC=C[C@@]12C[C@@H]2c1ccc(Br)cc1. The van der Waals surface area contributed by atoms with Crippen molar-refractivity contribution in [3.63, 3.8) is 0 Å². The van der Waals surface area contributed by atoms with Crippen molar-refractivity contribution in [1.82, 2.24) is 0 Å². The molecule has 1 aliphatic heterocycles. The van der Waals surface area contributed by atoms with Gasteiger partial charge in [-0.15, -0.1) is 0 Å². The quantitative estimate of drug-likeness (QED) is 0.583. The Morgan fingerprint density at radius 3 is 2.75 bits per heavy atom. The van der Waals surface area contributed by atoms with E-state index < -0.39 is 0 Å². The highest BCUT2D eigenvalue weighted by Crippen LogP contribution is 2.61. The molecule has 1 fully saturated rings. The first-order valence-electron chi connectivity index (χ1n) is 5.33. The Morgan fingerprint density at radius 1 is 1.31 bits per heavy atom. The molecule has 3 rings (SSSR count). The Balaban J connectivity index is 1.90. The van der Waals surface area contributed by atoms with Crippen molar-refractivity contribution < 1.29 is 9.53 Å². The van der Waals surface area contributed by atoms with E-state index in [1.54, 1.807) is 0 Å². The zero-order valence-corrected chi connectivity index (χ0v) is 10.2. The molecule has 82 valence electrons. The summed E-state index contributed by atoms with van der Waals surface area (Å²) in [6.45, 7) is 0.424. The van der Waals surface area contributed by atoms with Gasteiger partial charge in [-0.25, -0.2) is 0 Å². The van der Waals surface area contributed by atoms with Crippen LogP contribution in [0.4, 0.5) is 0 Å². The average molecular weight is 279 g/mol. The van der Waals surface area contributed by atoms with Gasteiger partial charge in [0.05, 0.1) is 5.41 Å². The molecule has 0 radical (unpaired) electrons. The van der Waals surface area contributed by atoms with Gasteiger partial charge in [-0.3, -0.25) is 4.79 Å². The molecule has 1 aromatic rings. The van der Waals surface area contributed by atoms with Crippen molar-refractivity contribution in [1.29, 1.82) is 0 Å². The fraction of sp³-hybridized carbons (Fsp3) is 0.308. The molecule has 3 heteroatoms. The third kappa shape index (κ3) is 1.42. The van der Waals surface area contributed by atoms with Gasteiger partial charge in [-0.05, 0) is 24.1 Å². The van der Waals surface area contributed by atoms with Crippen molar-refractivity contribution in [3.05, 3.63) is 46.5 Å². The molecule has 1 spiro atoms. The fourth-order valence-corrected chi connectivity index (χ4v) is 2.65. The molecule has 0 amide bonds. The molecule has 1 saturated carbocycles. The molecular formula is C13H11BrO2. The van der Waals surface area contributed by atoms with Gasteiger partial charge in [0, 0.05) is 10.4 Å². The maximum absolute atomic E-state index is 11.7. The van der Waals surface area contributed by atoms with Gasteiger partial charge in [-0.2, -0.15) is 0 Å². The first-order chi connectivity index (χ1) is 7.72. The van der Waals surface area contributed by atoms with Crippen LogP contribution >= 0.6 is 15.9 Å². The predicted molar refractivity (Wildman–Crippen MR) is 64.0 cm³/mol. The lowest BCUT2D eigenvalue weighted by atomic mass is 9.97. The van der Waals surface area contributed by atoms with Crippen LogP contribution in [-0.2, 0) is 9.53 Å². The Bertz CT molecular complexity index is 463. The molecule has 2 aliphatic rings. The molecule has 1 aliphatic carbocycles. The summed E-state index contributed by atoms with van der Waals surface area (Å²) in [4.78, 5) is 11.7. The second kappa shape index (κ2) is 3.45. The van der Waals surface area contributed by atoms with Crippen LogP contribution in [0.25, 0.3) is 0 Å². The summed E-state index contributed by atoms with van der Waals surface area (Å²) in [6, 6.07) is 8.16. The zero-order chi connectivity index (χ0) is 11.2. The molecule has 0 N–H and O–H groups in total. The molecule has 16 heavy (non-hydrogen) atoms. The van der Waals surface area contributed by atoms with Crippen molar-refractivity contribution in [2.75, 3.05) is 6.61 Å². The first-order valence-corrected chi connectivity index (χ1v) is 6.12. The van der Waals surface area contributed by atoms with Crippen LogP contribution in [0.2, 0.25) is 0 Å². The zero-order valence-electron chi connectivity index (χ0n) is 8.65. The highest BCUT2D eigenvalue weighted by molar-refractivity contribution is 9.10. The molecule has 0 unspecified atom stereocenters.